The number of aromatic nitrogens is 1. The lowest BCUT2D eigenvalue weighted by atomic mass is 9.91. The second kappa shape index (κ2) is 5.31. The molecule has 0 saturated carbocycles. The summed E-state index contributed by atoms with van der Waals surface area (Å²) in [7, 11) is 5.71. The molecule has 0 amide bonds. The van der Waals surface area contributed by atoms with E-state index in [-0.39, 0.29) is 0 Å². The van der Waals surface area contributed by atoms with Crippen molar-refractivity contribution in [3.63, 3.8) is 0 Å². The van der Waals surface area contributed by atoms with Gasteiger partial charge in [0, 0.05) is 11.8 Å². The molecule has 1 nitrogen and oxygen atoms in total. The molecule has 0 aliphatic heterocycles. The molecule has 2 rings (SSSR count). The second-order valence-electron chi connectivity index (χ2n) is 4.65. The molecule has 1 aromatic carbocycles. The van der Waals surface area contributed by atoms with Gasteiger partial charge in [0.15, 0.2) is 0 Å². The number of hydrogen-bond acceptors (Lipinski definition) is 1. The fourth-order valence-corrected chi connectivity index (χ4v) is 2.03. The summed E-state index contributed by atoms with van der Waals surface area (Å²) < 4.78 is 38.2. The summed E-state index contributed by atoms with van der Waals surface area (Å²) in [6.07, 6.45) is -2.29. The Morgan fingerprint density at radius 1 is 1.20 bits per heavy atom. The molecular formula is C15H13BF3N. The highest BCUT2D eigenvalue weighted by molar-refractivity contribution is 6.33. The van der Waals surface area contributed by atoms with Crippen molar-refractivity contribution in [2.75, 3.05) is 0 Å². The smallest absolute Gasteiger partial charge is 0.257 e. The van der Waals surface area contributed by atoms with Gasteiger partial charge in [0.2, 0.25) is 0 Å². The summed E-state index contributed by atoms with van der Waals surface area (Å²) in [5, 5.41) is 0. The van der Waals surface area contributed by atoms with Crippen molar-refractivity contribution in [1.82, 2.24) is 4.98 Å². The third-order valence-electron chi connectivity index (χ3n) is 3.24. The van der Waals surface area contributed by atoms with Crippen LogP contribution in [0.15, 0.2) is 30.5 Å². The minimum atomic E-state index is -4.33. The molecule has 5 heteroatoms. The Bertz CT molecular complexity index is 636. The Balaban J connectivity index is 2.54. The van der Waals surface area contributed by atoms with E-state index in [1.165, 1.54) is 18.3 Å². The summed E-state index contributed by atoms with van der Waals surface area (Å²) in [5.74, 6) is 0. The van der Waals surface area contributed by atoms with Gasteiger partial charge >= 0.3 is 6.18 Å². The van der Waals surface area contributed by atoms with E-state index in [1.54, 1.807) is 6.07 Å². The predicted octanol–water partition coefficient (Wildman–Crippen LogP) is 3.43. The number of alkyl halides is 3. The van der Waals surface area contributed by atoms with Gasteiger partial charge in [-0.3, -0.25) is 4.98 Å². The maximum Gasteiger partial charge on any atom is 0.416 e. The third-order valence-corrected chi connectivity index (χ3v) is 3.24. The van der Waals surface area contributed by atoms with E-state index in [4.69, 9.17) is 7.85 Å². The molecule has 0 N–H and O–H groups in total. The molecule has 0 saturated heterocycles. The lowest BCUT2D eigenvalue weighted by molar-refractivity contribution is -0.137. The highest BCUT2D eigenvalue weighted by Gasteiger charge is 2.30. The Morgan fingerprint density at radius 2 is 1.90 bits per heavy atom. The topological polar surface area (TPSA) is 12.9 Å². The van der Waals surface area contributed by atoms with Crippen LogP contribution in [0, 0.1) is 6.92 Å². The van der Waals surface area contributed by atoms with Crippen LogP contribution in [0.1, 0.15) is 23.6 Å². The lowest BCUT2D eigenvalue weighted by Gasteiger charge is -2.13. The number of halogens is 3. The molecule has 0 unspecified atom stereocenters. The zero-order valence-corrected chi connectivity index (χ0v) is 11.3. The fourth-order valence-electron chi connectivity index (χ4n) is 2.03. The van der Waals surface area contributed by atoms with Crippen molar-refractivity contribution < 1.29 is 13.2 Å². The van der Waals surface area contributed by atoms with Crippen LogP contribution in [0.2, 0.25) is 0 Å². The zero-order valence-electron chi connectivity index (χ0n) is 11.3. The summed E-state index contributed by atoms with van der Waals surface area (Å²) in [6, 6.07) is 5.53. The minimum Gasteiger partial charge on any atom is -0.257 e. The van der Waals surface area contributed by atoms with Gasteiger partial charge in [-0.25, -0.2) is 0 Å². The average molecular weight is 275 g/mol. The van der Waals surface area contributed by atoms with Crippen LogP contribution in [-0.4, -0.2) is 12.8 Å². The van der Waals surface area contributed by atoms with Crippen LogP contribution in [0.5, 0.6) is 0 Å². The third kappa shape index (κ3) is 2.87. The molecule has 102 valence electrons. The van der Waals surface area contributed by atoms with E-state index in [0.717, 1.165) is 11.6 Å². The Hall–Kier alpha value is -1.78. The summed E-state index contributed by atoms with van der Waals surface area (Å²) >= 11 is 0. The van der Waals surface area contributed by atoms with Crippen LogP contribution >= 0.6 is 0 Å². The van der Waals surface area contributed by atoms with Gasteiger partial charge in [0.05, 0.1) is 11.3 Å². The molecule has 2 radical (unpaired) electrons. The van der Waals surface area contributed by atoms with Gasteiger partial charge in [-0.1, -0.05) is 24.0 Å². The molecule has 0 spiro atoms. The van der Waals surface area contributed by atoms with Crippen LogP contribution in [0.25, 0.3) is 11.3 Å². The first-order valence-corrected chi connectivity index (χ1v) is 6.25. The van der Waals surface area contributed by atoms with Gasteiger partial charge < -0.3 is 0 Å². The Labute approximate surface area is 117 Å². The van der Waals surface area contributed by atoms with Gasteiger partial charge in [-0.2, -0.15) is 13.2 Å². The molecule has 0 aliphatic carbocycles. The van der Waals surface area contributed by atoms with Crippen LogP contribution < -0.4 is 5.46 Å². The van der Waals surface area contributed by atoms with Crippen molar-refractivity contribution in [2.45, 2.75) is 26.4 Å². The van der Waals surface area contributed by atoms with Crippen molar-refractivity contribution in [1.29, 1.82) is 0 Å². The first kappa shape index (κ1) is 14.6. The van der Waals surface area contributed by atoms with E-state index in [9.17, 15) is 13.2 Å². The highest BCUT2D eigenvalue weighted by Crippen LogP contribution is 2.33. The molecule has 20 heavy (non-hydrogen) atoms. The van der Waals surface area contributed by atoms with Crippen molar-refractivity contribution in [2.24, 2.45) is 0 Å². The van der Waals surface area contributed by atoms with Gasteiger partial charge in [-0.05, 0) is 37.1 Å². The normalized spacial score (nSPS) is 11.7. The zero-order chi connectivity index (χ0) is 14.9. The quantitative estimate of drug-likeness (QED) is 0.765. The Morgan fingerprint density at radius 3 is 2.45 bits per heavy atom. The minimum absolute atomic E-state index is 0.504. The number of aryl methyl sites for hydroxylation is 2. The SMILES string of the molecule is [B]c1cnc(-c2ccc(C(F)(F)F)cc2CC)cc1C. The van der Waals surface area contributed by atoms with E-state index in [2.05, 4.69) is 4.98 Å². The molecular weight excluding hydrogens is 262 g/mol. The van der Waals surface area contributed by atoms with Crippen LogP contribution in [0.4, 0.5) is 13.2 Å². The fraction of sp³-hybridized carbons (Fsp3) is 0.267. The number of rotatable bonds is 2. The first-order chi connectivity index (χ1) is 9.32. The number of hydrogen-bond donors (Lipinski definition) is 0. The molecule has 0 fully saturated rings. The van der Waals surface area contributed by atoms with E-state index >= 15 is 0 Å². The standard InChI is InChI=1S/C15H13BF3N/c1-3-10-7-11(15(17,18)19)4-5-12(10)14-6-9(2)13(16)8-20-14/h4-8H,3H2,1-2H3. The van der Waals surface area contributed by atoms with Crippen LogP contribution in [-0.2, 0) is 12.6 Å². The molecule has 1 heterocycles. The van der Waals surface area contributed by atoms with E-state index in [1.807, 2.05) is 13.8 Å². The van der Waals surface area contributed by atoms with E-state index in [0.29, 0.717) is 28.7 Å². The molecule has 0 aliphatic rings. The van der Waals surface area contributed by atoms with Crippen molar-refractivity contribution in [3.05, 3.63) is 47.2 Å². The van der Waals surface area contributed by atoms with Crippen molar-refractivity contribution in [3.8, 4) is 11.3 Å². The molecule has 2 aromatic rings. The highest BCUT2D eigenvalue weighted by atomic mass is 19.4. The van der Waals surface area contributed by atoms with E-state index < -0.39 is 11.7 Å². The summed E-state index contributed by atoms with van der Waals surface area (Å²) in [5.41, 5.74) is 2.77. The monoisotopic (exact) mass is 275 g/mol. The summed E-state index contributed by atoms with van der Waals surface area (Å²) in [4.78, 5) is 4.20. The summed E-state index contributed by atoms with van der Waals surface area (Å²) in [6.45, 7) is 3.67. The molecule has 0 atom stereocenters. The number of benzene rings is 1. The van der Waals surface area contributed by atoms with Crippen molar-refractivity contribution >= 4 is 13.3 Å². The van der Waals surface area contributed by atoms with Gasteiger partial charge in [-0.15, -0.1) is 0 Å². The lowest BCUT2D eigenvalue weighted by Crippen LogP contribution is -2.09. The largest absolute Gasteiger partial charge is 0.416 e. The molecule has 0 bridgehead atoms. The first-order valence-electron chi connectivity index (χ1n) is 6.25. The number of pyridine rings is 1. The Kier molecular flexibility index (Phi) is 3.88. The average Bonchev–Trinajstić information content (AvgIpc) is 2.40. The van der Waals surface area contributed by atoms with Gasteiger partial charge in [0.1, 0.15) is 7.85 Å². The molecule has 1 aromatic heterocycles. The maximum atomic E-state index is 12.7. The second-order valence-corrected chi connectivity index (χ2v) is 4.65. The van der Waals surface area contributed by atoms with Gasteiger partial charge in [0.25, 0.3) is 0 Å². The maximum absolute atomic E-state index is 12.7. The predicted molar refractivity (Wildman–Crippen MR) is 74.2 cm³/mol. The van der Waals surface area contributed by atoms with Crippen LogP contribution in [0.3, 0.4) is 0 Å². The number of nitrogens with zero attached hydrogens (tertiary/aromatic N) is 1.